The average molecular weight is 232 g/mol. The van der Waals surface area contributed by atoms with Gasteiger partial charge in [-0.15, -0.1) is 16.7 Å². The normalized spacial score (nSPS) is 22.0. The van der Waals surface area contributed by atoms with Crippen molar-refractivity contribution in [2.24, 2.45) is 5.92 Å². The lowest BCUT2D eigenvalue weighted by Crippen LogP contribution is -2.37. The zero-order chi connectivity index (χ0) is 10.7. The molecule has 1 aromatic rings. The molecule has 0 aliphatic carbocycles. The number of rotatable bonds is 3. The van der Waals surface area contributed by atoms with Crippen molar-refractivity contribution in [1.82, 2.24) is 10.2 Å². The molecular weight excluding hydrogens is 218 g/mol. The summed E-state index contributed by atoms with van der Waals surface area (Å²) in [5.41, 5.74) is 0. The number of piperidine rings is 1. The Labute approximate surface area is 93.0 Å². The first kappa shape index (κ1) is 10.7. The zero-order valence-corrected chi connectivity index (χ0v) is 9.15. The molecule has 1 saturated heterocycles. The summed E-state index contributed by atoms with van der Waals surface area (Å²) >= 11 is 5.58. The second-order valence-corrected chi connectivity index (χ2v) is 4.02. The van der Waals surface area contributed by atoms with Crippen molar-refractivity contribution in [1.29, 1.82) is 0 Å². The van der Waals surface area contributed by atoms with Crippen LogP contribution in [0.25, 0.3) is 0 Å². The summed E-state index contributed by atoms with van der Waals surface area (Å²) in [6, 6.07) is 0.517. The first-order chi connectivity index (χ1) is 7.33. The van der Waals surface area contributed by atoms with Crippen LogP contribution >= 0.6 is 11.6 Å². The molecule has 0 aromatic carbocycles. The topological polar surface area (TPSA) is 62.4 Å². The molecule has 0 saturated carbocycles. The van der Waals surface area contributed by atoms with Gasteiger partial charge in [-0.25, -0.2) is 0 Å². The smallest absolute Gasteiger partial charge is 0.318 e. The number of halogens is 1. The minimum absolute atomic E-state index is 0.215. The van der Waals surface area contributed by atoms with E-state index in [1.54, 1.807) is 0 Å². The van der Waals surface area contributed by atoms with Crippen molar-refractivity contribution in [3.63, 3.8) is 0 Å². The van der Waals surface area contributed by atoms with Gasteiger partial charge in [0.05, 0.1) is 0 Å². The van der Waals surface area contributed by atoms with Crippen LogP contribution in [0.3, 0.4) is 0 Å². The number of aliphatic hydroxyl groups excluding tert-OH is 1. The summed E-state index contributed by atoms with van der Waals surface area (Å²) in [7, 11) is 0. The van der Waals surface area contributed by atoms with Gasteiger partial charge in [-0.1, -0.05) is 5.10 Å². The molecule has 0 bridgehead atoms. The Morgan fingerprint density at radius 3 is 3.07 bits per heavy atom. The number of alkyl halides is 1. The third-order valence-corrected chi connectivity index (χ3v) is 2.85. The molecule has 2 heterocycles. The van der Waals surface area contributed by atoms with E-state index >= 15 is 0 Å². The van der Waals surface area contributed by atoms with E-state index in [9.17, 15) is 0 Å². The second-order valence-electron chi connectivity index (χ2n) is 3.75. The van der Waals surface area contributed by atoms with E-state index in [2.05, 4.69) is 10.2 Å². The Morgan fingerprint density at radius 2 is 2.40 bits per heavy atom. The highest BCUT2D eigenvalue weighted by atomic mass is 35.5. The Morgan fingerprint density at radius 1 is 1.53 bits per heavy atom. The van der Waals surface area contributed by atoms with Crippen molar-refractivity contribution in [3.8, 4) is 0 Å². The predicted octanol–water partition coefficient (Wildman–Crippen LogP) is 1.02. The third-order valence-electron chi connectivity index (χ3n) is 2.62. The number of hydrogen-bond donors (Lipinski definition) is 1. The predicted molar refractivity (Wildman–Crippen MR) is 55.9 cm³/mol. The minimum Gasteiger partial charge on any atom is -0.407 e. The van der Waals surface area contributed by atoms with Crippen LogP contribution in [-0.4, -0.2) is 35.0 Å². The van der Waals surface area contributed by atoms with Crippen LogP contribution in [-0.2, 0) is 5.88 Å². The molecule has 1 aliphatic rings. The molecule has 5 nitrogen and oxygen atoms in total. The fourth-order valence-electron chi connectivity index (χ4n) is 1.81. The number of aliphatic hydroxyl groups is 1. The third kappa shape index (κ3) is 2.41. The van der Waals surface area contributed by atoms with Crippen LogP contribution in [0.2, 0.25) is 0 Å². The van der Waals surface area contributed by atoms with E-state index in [1.807, 2.05) is 4.90 Å². The summed E-state index contributed by atoms with van der Waals surface area (Å²) in [5.74, 6) is 0.993. The van der Waals surface area contributed by atoms with Crippen molar-refractivity contribution < 1.29 is 9.52 Å². The van der Waals surface area contributed by atoms with Crippen LogP contribution < -0.4 is 4.90 Å². The van der Waals surface area contributed by atoms with E-state index < -0.39 is 0 Å². The Bertz CT molecular complexity index is 318. The van der Waals surface area contributed by atoms with Crippen molar-refractivity contribution in [2.75, 3.05) is 24.6 Å². The van der Waals surface area contributed by atoms with Gasteiger partial charge in [0, 0.05) is 19.7 Å². The van der Waals surface area contributed by atoms with Gasteiger partial charge >= 0.3 is 6.01 Å². The van der Waals surface area contributed by atoms with Gasteiger partial charge in [0.1, 0.15) is 5.88 Å². The standard InChI is InChI=1S/C9H14ClN3O2/c10-4-8-11-12-9(15-8)13-3-1-2-7(5-13)6-14/h7,14H,1-6H2. The second kappa shape index (κ2) is 4.81. The fourth-order valence-corrected chi connectivity index (χ4v) is 1.92. The molecule has 0 spiro atoms. The van der Waals surface area contributed by atoms with Gasteiger partial charge in [-0.05, 0) is 18.8 Å². The molecule has 0 amide bonds. The van der Waals surface area contributed by atoms with Crippen LogP contribution in [0.4, 0.5) is 6.01 Å². The van der Waals surface area contributed by atoms with Crippen LogP contribution in [0, 0.1) is 5.92 Å². The fraction of sp³-hybridized carbons (Fsp3) is 0.778. The average Bonchev–Trinajstić information content (AvgIpc) is 2.78. The van der Waals surface area contributed by atoms with Gasteiger partial charge < -0.3 is 14.4 Å². The van der Waals surface area contributed by atoms with E-state index in [4.69, 9.17) is 21.1 Å². The summed E-state index contributed by atoms with van der Waals surface area (Å²) < 4.78 is 5.36. The Kier molecular flexibility index (Phi) is 3.43. The van der Waals surface area contributed by atoms with Crippen LogP contribution in [0.15, 0.2) is 4.42 Å². The molecule has 15 heavy (non-hydrogen) atoms. The first-order valence-corrected chi connectivity index (χ1v) is 5.61. The number of nitrogens with zero attached hydrogens (tertiary/aromatic N) is 3. The zero-order valence-electron chi connectivity index (χ0n) is 8.40. The molecule has 1 unspecified atom stereocenters. The van der Waals surface area contributed by atoms with E-state index in [1.165, 1.54) is 0 Å². The molecule has 0 radical (unpaired) electrons. The van der Waals surface area contributed by atoms with Gasteiger partial charge in [0.25, 0.3) is 0 Å². The molecule has 1 N–H and O–H groups in total. The quantitative estimate of drug-likeness (QED) is 0.787. The largest absolute Gasteiger partial charge is 0.407 e. The summed E-state index contributed by atoms with van der Waals surface area (Å²) in [4.78, 5) is 2.01. The maximum atomic E-state index is 9.09. The molecular formula is C9H14ClN3O2. The number of aromatic nitrogens is 2. The Hall–Kier alpha value is -0.810. The summed E-state index contributed by atoms with van der Waals surface area (Å²) in [5, 5.41) is 16.8. The van der Waals surface area contributed by atoms with E-state index in [0.29, 0.717) is 17.8 Å². The molecule has 1 fully saturated rings. The molecule has 1 aliphatic heterocycles. The van der Waals surface area contributed by atoms with Gasteiger partial charge in [-0.3, -0.25) is 0 Å². The van der Waals surface area contributed by atoms with Crippen molar-refractivity contribution in [3.05, 3.63) is 5.89 Å². The minimum atomic E-state index is 0.215. The van der Waals surface area contributed by atoms with Crippen LogP contribution in [0.1, 0.15) is 18.7 Å². The van der Waals surface area contributed by atoms with Gasteiger partial charge in [0.2, 0.25) is 5.89 Å². The molecule has 1 aromatic heterocycles. The van der Waals surface area contributed by atoms with Crippen molar-refractivity contribution in [2.45, 2.75) is 18.7 Å². The highest BCUT2D eigenvalue weighted by molar-refractivity contribution is 6.16. The maximum absolute atomic E-state index is 9.09. The van der Waals surface area contributed by atoms with E-state index in [-0.39, 0.29) is 12.5 Å². The lowest BCUT2D eigenvalue weighted by Gasteiger charge is -2.30. The Balaban J connectivity index is 2.03. The van der Waals surface area contributed by atoms with E-state index in [0.717, 1.165) is 25.9 Å². The van der Waals surface area contributed by atoms with Crippen molar-refractivity contribution >= 4 is 17.6 Å². The van der Waals surface area contributed by atoms with Gasteiger partial charge in [0.15, 0.2) is 0 Å². The lowest BCUT2D eigenvalue weighted by molar-refractivity contribution is 0.206. The highest BCUT2D eigenvalue weighted by Gasteiger charge is 2.22. The summed E-state index contributed by atoms with van der Waals surface area (Å²) in [6.07, 6.45) is 2.10. The molecule has 6 heteroatoms. The molecule has 1 atom stereocenters. The van der Waals surface area contributed by atoms with Crippen LogP contribution in [0.5, 0.6) is 0 Å². The molecule has 84 valence electrons. The highest BCUT2D eigenvalue weighted by Crippen LogP contribution is 2.21. The van der Waals surface area contributed by atoms with Gasteiger partial charge in [-0.2, -0.15) is 0 Å². The SMILES string of the molecule is OCC1CCCN(c2nnc(CCl)o2)C1. The lowest BCUT2D eigenvalue weighted by atomic mass is 10.00. The monoisotopic (exact) mass is 231 g/mol. The molecule has 2 rings (SSSR count). The first-order valence-electron chi connectivity index (χ1n) is 5.07. The number of anilines is 1. The summed E-state index contributed by atoms with van der Waals surface area (Å²) in [6.45, 7) is 1.90. The number of hydrogen-bond acceptors (Lipinski definition) is 5. The maximum Gasteiger partial charge on any atom is 0.318 e.